The maximum atomic E-state index is 14.1. The van der Waals surface area contributed by atoms with Crippen LogP contribution in [-0.4, -0.2) is 51.6 Å². The number of rotatable bonds is 12. The number of carbonyl (C=O) groups is 2. The largest absolute Gasteiger partial charge is 0.477 e. The van der Waals surface area contributed by atoms with Crippen LogP contribution in [-0.2, 0) is 17.6 Å². The van der Waals surface area contributed by atoms with Gasteiger partial charge in [-0.15, -0.1) is 11.3 Å². The van der Waals surface area contributed by atoms with E-state index >= 15 is 0 Å². The molecule has 1 aliphatic heterocycles. The van der Waals surface area contributed by atoms with Crippen LogP contribution in [0.15, 0.2) is 54.6 Å². The molecule has 1 aromatic heterocycles. The molecule has 0 spiro atoms. The number of hydrogen-bond donors (Lipinski definition) is 2. The van der Waals surface area contributed by atoms with E-state index in [-0.39, 0.29) is 17.3 Å². The fourth-order valence-corrected chi connectivity index (χ4v) is 5.07. The molecule has 8 heteroatoms. The summed E-state index contributed by atoms with van der Waals surface area (Å²) in [5, 5.41) is 19.5. The van der Waals surface area contributed by atoms with Crippen molar-refractivity contribution in [3.8, 4) is 0 Å². The van der Waals surface area contributed by atoms with Crippen molar-refractivity contribution >= 4 is 23.2 Å². The molecule has 1 aromatic carbocycles. The number of carboxylic acid groups (broad SMARTS) is 1. The first kappa shape index (κ1) is 26.0. The normalized spacial score (nSPS) is 19.6. The monoisotopic (exact) mass is 491 g/mol. The van der Waals surface area contributed by atoms with Gasteiger partial charge < -0.3 is 15.1 Å². The van der Waals surface area contributed by atoms with Gasteiger partial charge in [-0.05, 0) is 55.7 Å². The molecule has 0 bridgehead atoms. The van der Waals surface area contributed by atoms with E-state index in [1.165, 1.54) is 28.7 Å². The van der Waals surface area contributed by atoms with Crippen LogP contribution in [0.5, 0.6) is 0 Å². The van der Waals surface area contributed by atoms with Crippen LogP contribution in [0.25, 0.3) is 0 Å². The van der Waals surface area contributed by atoms with Crippen molar-refractivity contribution < 1.29 is 28.6 Å². The number of carbonyl (C=O) groups excluding carboxylic acids is 1. The first-order chi connectivity index (χ1) is 16.2. The number of nitrogens with zero attached hydrogens (tertiary/aromatic N) is 1. The molecule has 5 nitrogen and oxygen atoms in total. The Morgan fingerprint density at radius 3 is 2.62 bits per heavy atom. The molecule has 1 saturated heterocycles. The molecule has 0 aliphatic carbocycles. The third kappa shape index (κ3) is 6.96. The third-order valence-electron chi connectivity index (χ3n) is 6.22. The van der Waals surface area contributed by atoms with E-state index in [0.717, 1.165) is 35.5 Å². The minimum atomic E-state index is -3.42. The van der Waals surface area contributed by atoms with E-state index in [1.807, 2.05) is 25.1 Å². The average molecular weight is 492 g/mol. The quantitative estimate of drug-likeness (QED) is 0.401. The summed E-state index contributed by atoms with van der Waals surface area (Å²) in [5.41, 5.74) is 1.24. The number of amides is 1. The van der Waals surface area contributed by atoms with Gasteiger partial charge in [-0.2, -0.15) is 8.78 Å². The predicted molar refractivity (Wildman–Crippen MR) is 128 cm³/mol. The molecule has 0 radical (unpaired) electrons. The van der Waals surface area contributed by atoms with Gasteiger partial charge >= 0.3 is 11.9 Å². The second-order valence-corrected chi connectivity index (χ2v) is 10.0. The molecule has 0 saturated carbocycles. The van der Waals surface area contributed by atoms with Crippen LogP contribution < -0.4 is 0 Å². The van der Waals surface area contributed by atoms with Crippen molar-refractivity contribution in [3.05, 3.63) is 69.9 Å². The summed E-state index contributed by atoms with van der Waals surface area (Å²) >= 11 is 1.15. The topological polar surface area (TPSA) is 77.8 Å². The standard InChI is InChI=1S/C26H31F2NO4S/c1-18(7-5-10-19-8-3-2-4-9-19)22(30)14-12-20-17-26(27,28)25(33)29(20)16-6-11-21-13-15-23(34-21)24(31)32/h2-4,8-9,12-15,18,20,22,30H,5-7,10-11,16-17H2,1H3,(H,31,32)/b14-12+/t18?,20?,22-/m1/s1. The maximum Gasteiger partial charge on any atom is 0.345 e. The van der Waals surface area contributed by atoms with Gasteiger partial charge in [0.05, 0.1) is 12.1 Å². The van der Waals surface area contributed by atoms with Crippen LogP contribution in [0.1, 0.15) is 52.7 Å². The average Bonchev–Trinajstić information content (AvgIpc) is 3.36. The van der Waals surface area contributed by atoms with Crippen molar-refractivity contribution in [2.45, 2.75) is 63.5 Å². The van der Waals surface area contributed by atoms with Crippen LogP contribution in [0.2, 0.25) is 0 Å². The number of aromatic carboxylic acids is 1. The lowest BCUT2D eigenvalue weighted by molar-refractivity contribution is -0.148. The molecule has 2 unspecified atom stereocenters. The highest BCUT2D eigenvalue weighted by Gasteiger charge is 2.52. The Kier molecular flexibility index (Phi) is 8.97. The molecule has 3 atom stereocenters. The number of hydrogen-bond acceptors (Lipinski definition) is 4. The lowest BCUT2D eigenvalue weighted by Gasteiger charge is -2.22. The zero-order valence-electron chi connectivity index (χ0n) is 19.2. The summed E-state index contributed by atoms with van der Waals surface area (Å²) in [6.07, 6.45) is 5.27. The molecule has 1 aliphatic rings. The number of thiophene rings is 1. The van der Waals surface area contributed by atoms with Gasteiger partial charge in [-0.1, -0.05) is 49.4 Å². The molecule has 2 heterocycles. The Hall–Kier alpha value is -2.58. The highest BCUT2D eigenvalue weighted by atomic mass is 32.1. The summed E-state index contributed by atoms with van der Waals surface area (Å²) in [6, 6.07) is 12.5. The Morgan fingerprint density at radius 1 is 1.21 bits per heavy atom. The van der Waals surface area contributed by atoms with Crippen molar-refractivity contribution in [2.24, 2.45) is 5.92 Å². The second-order valence-electron chi connectivity index (χ2n) is 8.88. The van der Waals surface area contributed by atoms with Crippen LogP contribution in [0, 0.1) is 5.92 Å². The van der Waals surface area contributed by atoms with E-state index < -0.39 is 36.4 Å². The second kappa shape index (κ2) is 11.7. The number of alkyl halides is 2. The minimum absolute atomic E-state index is 0.0340. The smallest absolute Gasteiger partial charge is 0.345 e. The molecule has 3 rings (SSSR count). The number of likely N-dealkylation sites (tertiary alicyclic amines) is 1. The third-order valence-corrected chi connectivity index (χ3v) is 7.35. The van der Waals surface area contributed by atoms with Crippen LogP contribution >= 0.6 is 11.3 Å². The van der Waals surface area contributed by atoms with Gasteiger partial charge in [0.1, 0.15) is 4.88 Å². The number of aliphatic hydroxyl groups excluding tert-OH is 1. The van der Waals surface area contributed by atoms with Crippen molar-refractivity contribution in [3.63, 3.8) is 0 Å². The summed E-state index contributed by atoms with van der Waals surface area (Å²) < 4.78 is 28.3. The first-order valence-corrected chi connectivity index (χ1v) is 12.4. The lowest BCUT2D eigenvalue weighted by Crippen LogP contribution is -2.36. The lowest BCUT2D eigenvalue weighted by atomic mass is 9.95. The van der Waals surface area contributed by atoms with Gasteiger partial charge in [0.15, 0.2) is 0 Å². The number of aryl methyl sites for hydroxylation is 2. The van der Waals surface area contributed by atoms with E-state index in [1.54, 1.807) is 6.07 Å². The van der Waals surface area contributed by atoms with Gasteiger partial charge in [0.25, 0.3) is 5.91 Å². The summed E-state index contributed by atoms with van der Waals surface area (Å²) in [4.78, 5) is 25.5. The first-order valence-electron chi connectivity index (χ1n) is 11.6. The van der Waals surface area contributed by atoms with Gasteiger partial charge in [0, 0.05) is 17.8 Å². The van der Waals surface area contributed by atoms with Crippen LogP contribution in [0.3, 0.4) is 0 Å². The van der Waals surface area contributed by atoms with E-state index in [2.05, 4.69) is 12.1 Å². The Bertz CT molecular complexity index is 992. The number of benzene rings is 1. The SMILES string of the molecule is CC(CCCc1ccccc1)[C@H](O)/C=C/C1CC(F)(F)C(=O)N1CCCc1ccc(C(=O)O)s1. The fourth-order valence-electron chi connectivity index (χ4n) is 4.19. The zero-order chi connectivity index (χ0) is 24.7. The Balaban J connectivity index is 1.51. The number of carboxylic acids is 1. The molecule has 2 N–H and O–H groups in total. The number of aliphatic hydroxyl groups is 1. The molecule has 1 amide bonds. The summed E-state index contributed by atoms with van der Waals surface area (Å²) in [7, 11) is 0. The van der Waals surface area contributed by atoms with E-state index in [4.69, 9.17) is 5.11 Å². The Morgan fingerprint density at radius 2 is 1.94 bits per heavy atom. The highest BCUT2D eigenvalue weighted by Crippen LogP contribution is 2.34. The molecule has 1 fully saturated rings. The fraction of sp³-hybridized carbons (Fsp3) is 0.462. The maximum absolute atomic E-state index is 14.1. The molecule has 34 heavy (non-hydrogen) atoms. The van der Waals surface area contributed by atoms with Gasteiger partial charge in [-0.3, -0.25) is 4.79 Å². The minimum Gasteiger partial charge on any atom is -0.477 e. The van der Waals surface area contributed by atoms with Gasteiger partial charge in [-0.25, -0.2) is 4.79 Å². The molecule has 184 valence electrons. The van der Waals surface area contributed by atoms with Gasteiger partial charge in [0.2, 0.25) is 0 Å². The number of halogens is 2. The summed E-state index contributed by atoms with van der Waals surface area (Å²) in [5.74, 6) is -5.64. The Labute approximate surface area is 202 Å². The zero-order valence-corrected chi connectivity index (χ0v) is 20.0. The molecule has 2 aromatic rings. The summed E-state index contributed by atoms with van der Waals surface area (Å²) in [6.45, 7) is 2.07. The van der Waals surface area contributed by atoms with E-state index in [0.29, 0.717) is 12.8 Å². The van der Waals surface area contributed by atoms with Crippen LogP contribution in [0.4, 0.5) is 8.78 Å². The van der Waals surface area contributed by atoms with Crippen molar-refractivity contribution in [1.82, 2.24) is 4.90 Å². The van der Waals surface area contributed by atoms with Crippen molar-refractivity contribution in [1.29, 1.82) is 0 Å². The highest BCUT2D eigenvalue weighted by molar-refractivity contribution is 7.13. The predicted octanol–water partition coefficient (Wildman–Crippen LogP) is 5.19. The molecular formula is C26H31F2NO4S. The molecular weight excluding hydrogens is 460 g/mol. The van der Waals surface area contributed by atoms with E-state index in [9.17, 15) is 23.5 Å². The van der Waals surface area contributed by atoms with Crippen molar-refractivity contribution in [2.75, 3.05) is 6.54 Å².